The van der Waals surface area contributed by atoms with Gasteiger partial charge in [0.05, 0.1) is 23.7 Å². The number of aliphatic hydroxyl groups excluding tert-OH is 1. The normalized spacial score (nSPS) is 18.7. The number of anilines is 1. The molecule has 1 saturated heterocycles. The van der Waals surface area contributed by atoms with Gasteiger partial charge in [-0.3, -0.25) is 19.5 Å². The minimum Gasteiger partial charge on any atom is -0.374 e. The van der Waals surface area contributed by atoms with Crippen LogP contribution in [0.15, 0.2) is 29.1 Å². The second kappa shape index (κ2) is 8.34. The van der Waals surface area contributed by atoms with E-state index in [4.69, 9.17) is 0 Å². The summed E-state index contributed by atoms with van der Waals surface area (Å²) in [6.45, 7) is 6.05. The number of sulfonamides is 1. The van der Waals surface area contributed by atoms with Crippen molar-refractivity contribution >= 4 is 21.4 Å². The van der Waals surface area contributed by atoms with E-state index in [0.29, 0.717) is 34.7 Å². The number of aliphatic hydroxyl groups is 1. The lowest BCUT2D eigenvalue weighted by molar-refractivity contribution is -0.0455. The number of H-pyrrole nitrogens is 1. The average molecular weight is 460 g/mol. The molecule has 2 unspecified atom stereocenters. The molecule has 32 heavy (non-hydrogen) atoms. The van der Waals surface area contributed by atoms with Crippen molar-refractivity contribution in [3.05, 3.63) is 62.7 Å². The Labute approximate surface area is 187 Å². The number of rotatable bonds is 5. The Morgan fingerprint density at radius 3 is 2.72 bits per heavy atom. The van der Waals surface area contributed by atoms with Crippen molar-refractivity contribution in [1.82, 2.24) is 19.5 Å². The number of likely N-dealkylation sites (tertiary alicyclic amines) is 1. The molecular formula is C22H29N5O4S. The minimum absolute atomic E-state index is 0.139. The second-order valence-electron chi connectivity index (χ2n) is 8.57. The van der Waals surface area contributed by atoms with Crippen LogP contribution in [0.5, 0.6) is 0 Å². The predicted octanol–water partition coefficient (Wildman–Crippen LogP) is 2.54. The van der Waals surface area contributed by atoms with Crippen molar-refractivity contribution in [3.63, 3.8) is 0 Å². The van der Waals surface area contributed by atoms with Gasteiger partial charge in [0, 0.05) is 29.4 Å². The number of aryl methyl sites for hydroxylation is 2. The van der Waals surface area contributed by atoms with Gasteiger partial charge < -0.3 is 5.11 Å². The van der Waals surface area contributed by atoms with Crippen LogP contribution >= 0.6 is 0 Å². The van der Waals surface area contributed by atoms with Crippen molar-refractivity contribution in [1.29, 1.82) is 0 Å². The molecule has 9 nitrogen and oxygen atoms in total. The molecule has 1 aromatic carbocycles. The zero-order valence-corrected chi connectivity index (χ0v) is 19.5. The summed E-state index contributed by atoms with van der Waals surface area (Å²) in [6.07, 6.45) is 2.74. The molecule has 10 heteroatoms. The number of nitrogens with zero attached hydrogens (tertiary/aromatic N) is 3. The third-order valence-corrected chi connectivity index (χ3v) is 6.79. The molecule has 0 aliphatic carbocycles. The maximum Gasteiger partial charge on any atom is 0.275 e. The molecular weight excluding hydrogens is 430 g/mol. The summed E-state index contributed by atoms with van der Waals surface area (Å²) in [7, 11) is -3.51. The molecule has 3 N–H and O–H groups in total. The van der Waals surface area contributed by atoms with Gasteiger partial charge in [-0.15, -0.1) is 0 Å². The Morgan fingerprint density at radius 1 is 1.25 bits per heavy atom. The summed E-state index contributed by atoms with van der Waals surface area (Å²) in [6, 6.07) is 6.95. The first-order valence-electron chi connectivity index (χ1n) is 10.7. The molecule has 172 valence electrons. The molecule has 3 heterocycles. The van der Waals surface area contributed by atoms with E-state index in [1.54, 1.807) is 19.1 Å². The largest absolute Gasteiger partial charge is 0.374 e. The SMILES string of the molecule is Cc1cccc(NS(C)(=O)=O)c1C(O)N1CCCCC1c1cc2nc(C)c(C)c(=O)n2[nH]1. The van der Waals surface area contributed by atoms with Crippen LogP contribution in [-0.2, 0) is 10.0 Å². The molecule has 3 aromatic rings. The van der Waals surface area contributed by atoms with Crippen molar-refractivity contribution < 1.29 is 13.5 Å². The quantitative estimate of drug-likeness (QED) is 0.539. The van der Waals surface area contributed by atoms with E-state index in [1.807, 2.05) is 30.9 Å². The number of fused-ring (bicyclic) bond motifs is 1. The van der Waals surface area contributed by atoms with Gasteiger partial charge in [0.2, 0.25) is 10.0 Å². The molecule has 0 bridgehead atoms. The number of nitrogens with one attached hydrogen (secondary N) is 2. The van der Waals surface area contributed by atoms with E-state index >= 15 is 0 Å². The van der Waals surface area contributed by atoms with Crippen LogP contribution in [0.2, 0.25) is 0 Å². The molecule has 0 saturated carbocycles. The van der Waals surface area contributed by atoms with Crippen molar-refractivity contribution in [3.8, 4) is 0 Å². The lowest BCUT2D eigenvalue weighted by Gasteiger charge is -2.39. The van der Waals surface area contributed by atoms with Crippen molar-refractivity contribution in [2.24, 2.45) is 0 Å². The zero-order chi connectivity index (χ0) is 23.2. The van der Waals surface area contributed by atoms with Crippen LogP contribution in [-0.4, -0.2) is 45.8 Å². The zero-order valence-electron chi connectivity index (χ0n) is 18.7. The van der Waals surface area contributed by atoms with Gasteiger partial charge in [-0.2, -0.15) is 0 Å². The molecule has 0 radical (unpaired) electrons. The maximum atomic E-state index is 12.7. The number of benzene rings is 1. The number of hydrogen-bond acceptors (Lipinski definition) is 6. The molecule has 2 atom stereocenters. The lowest BCUT2D eigenvalue weighted by Crippen LogP contribution is -2.37. The van der Waals surface area contributed by atoms with E-state index in [1.165, 1.54) is 4.52 Å². The lowest BCUT2D eigenvalue weighted by atomic mass is 9.96. The van der Waals surface area contributed by atoms with E-state index in [0.717, 1.165) is 36.8 Å². The van der Waals surface area contributed by atoms with Gasteiger partial charge in [0.25, 0.3) is 5.56 Å². The fourth-order valence-electron chi connectivity index (χ4n) is 4.47. The van der Waals surface area contributed by atoms with Crippen LogP contribution in [0.3, 0.4) is 0 Å². The van der Waals surface area contributed by atoms with Gasteiger partial charge in [0.1, 0.15) is 6.23 Å². The van der Waals surface area contributed by atoms with Gasteiger partial charge >= 0.3 is 0 Å². The van der Waals surface area contributed by atoms with E-state index in [-0.39, 0.29) is 11.6 Å². The summed E-state index contributed by atoms with van der Waals surface area (Å²) in [4.78, 5) is 19.1. The summed E-state index contributed by atoms with van der Waals surface area (Å²) in [5, 5.41) is 14.6. The fourth-order valence-corrected chi connectivity index (χ4v) is 5.04. The highest BCUT2D eigenvalue weighted by molar-refractivity contribution is 7.92. The van der Waals surface area contributed by atoms with Crippen LogP contribution in [0.1, 0.15) is 59.6 Å². The first-order chi connectivity index (χ1) is 15.1. The number of piperidine rings is 1. The highest BCUT2D eigenvalue weighted by atomic mass is 32.2. The maximum absolute atomic E-state index is 12.7. The highest BCUT2D eigenvalue weighted by Crippen LogP contribution is 2.39. The van der Waals surface area contributed by atoms with Gasteiger partial charge in [-0.1, -0.05) is 18.6 Å². The van der Waals surface area contributed by atoms with Crippen LogP contribution in [0, 0.1) is 20.8 Å². The van der Waals surface area contributed by atoms with E-state index in [2.05, 4.69) is 14.8 Å². The fraction of sp³-hybridized carbons (Fsp3) is 0.455. The van der Waals surface area contributed by atoms with E-state index < -0.39 is 16.3 Å². The predicted molar refractivity (Wildman–Crippen MR) is 123 cm³/mol. The Kier molecular flexibility index (Phi) is 5.87. The molecule has 0 spiro atoms. The minimum atomic E-state index is -3.51. The van der Waals surface area contributed by atoms with Crippen LogP contribution < -0.4 is 10.3 Å². The topological polar surface area (TPSA) is 120 Å². The van der Waals surface area contributed by atoms with Crippen molar-refractivity contribution in [2.45, 2.75) is 52.3 Å². The van der Waals surface area contributed by atoms with Gasteiger partial charge in [-0.25, -0.2) is 17.9 Å². The average Bonchev–Trinajstić information content (AvgIpc) is 3.14. The number of aromatic nitrogens is 3. The Hall–Kier alpha value is -2.69. The van der Waals surface area contributed by atoms with Gasteiger partial charge in [0.15, 0.2) is 5.65 Å². The molecule has 2 aromatic heterocycles. The monoisotopic (exact) mass is 459 g/mol. The molecule has 1 aliphatic rings. The molecule has 0 amide bonds. The summed E-state index contributed by atoms with van der Waals surface area (Å²) in [5.41, 5.74) is 4.17. The van der Waals surface area contributed by atoms with Crippen molar-refractivity contribution in [2.75, 3.05) is 17.5 Å². The summed E-state index contributed by atoms with van der Waals surface area (Å²) >= 11 is 0. The standard InChI is InChI=1S/C22H29N5O4S/c1-13-8-7-9-16(25-32(4,30)31)20(13)22(29)26-11-6-5-10-18(26)17-12-19-23-15(3)14(2)21(28)27(19)24-17/h7-9,12,18,22,24-25,29H,5-6,10-11H2,1-4H3. The second-order valence-corrected chi connectivity index (χ2v) is 10.3. The molecule has 4 rings (SSSR count). The first-order valence-corrected chi connectivity index (χ1v) is 12.6. The molecule has 1 aliphatic heterocycles. The first kappa shape index (κ1) is 22.5. The third kappa shape index (κ3) is 4.17. The summed E-state index contributed by atoms with van der Waals surface area (Å²) < 4.78 is 27.7. The Balaban J connectivity index is 1.76. The highest BCUT2D eigenvalue weighted by Gasteiger charge is 2.33. The summed E-state index contributed by atoms with van der Waals surface area (Å²) in [5.74, 6) is 0. The molecule has 1 fully saturated rings. The Bertz CT molecular complexity index is 1330. The number of hydrogen-bond donors (Lipinski definition) is 3. The number of aromatic amines is 1. The van der Waals surface area contributed by atoms with Gasteiger partial charge in [-0.05, 0) is 45.2 Å². The van der Waals surface area contributed by atoms with Crippen LogP contribution in [0.4, 0.5) is 5.69 Å². The smallest absolute Gasteiger partial charge is 0.275 e. The van der Waals surface area contributed by atoms with E-state index in [9.17, 15) is 18.3 Å². The van der Waals surface area contributed by atoms with Crippen LogP contribution in [0.25, 0.3) is 5.65 Å². The Morgan fingerprint density at radius 2 is 2.00 bits per heavy atom. The third-order valence-electron chi connectivity index (χ3n) is 6.20.